The van der Waals surface area contributed by atoms with E-state index in [2.05, 4.69) is 33.1 Å². The van der Waals surface area contributed by atoms with Crippen molar-refractivity contribution in [1.82, 2.24) is 16.0 Å². The summed E-state index contributed by atoms with van der Waals surface area (Å²) in [6.07, 6.45) is 0. The van der Waals surface area contributed by atoms with E-state index in [1.54, 1.807) is 7.05 Å². The Morgan fingerprint density at radius 1 is 1.10 bits per heavy atom. The second-order valence-electron chi connectivity index (χ2n) is 7.52. The zero-order valence-corrected chi connectivity index (χ0v) is 20.9. The van der Waals surface area contributed by atoms with Crippen LogP contribution in [0.15, 0.2) is 23.2 Å². The lowest BCUT2D eigenvalue weighted by Gasteiger charge is -2.18. The number of carbonyl (C=O) groups excluding carboxylic acids is 1. The summed E-state index contributed by atoms with van der Waals surface area (Å²) < 4.78 is 11.2. The number of rotatable bonds is 10. The molecule has 1 aromatic carbocycles. The number of guanidine groups is 1. The Labute approximate surface area is 192 Å². The lowest BCUT2D eigenvalue weighted by molar-refractivity contribution is -0.128. The smallest absolute Gasteiger partial charge is 0.225 e. The molecule has 7 nitrogen and oxygen atoms in total. The number of nitrogens with one attached hydrogen (secondary N) is 3. The second kappa shape index (κ2) is 14.4. The van der Waals surface area contributed by atoms with Gasteiger partial charge in [0.2, 0.25) is 5.91 Å². The normalized spacial score (nSPS) is 11.4. The molecule has 0 bridgehead atoms. The van der Waals surface area contributed by atoms with E-state index in [0.717, 1.165) is 16.9 Å². The number of aliphatic imine (C=N–C) groups is 1. The van der Waals surface area contributed by atoms with Gasteiger partial charge in [0.1, 0.15) is 12.4 Å². The average molecular weight is 520 g/mol. The summed E-state index contributed by atoms with van der Waals surface area (Å²) >= 11 is 0. The standard InChI is InChI=1S/C21H36N4O3.HI/c1-7-27-12-13-28-18-14-16(2)8-9-17(18)15-25-20(22-6)24-11-10-23-19(26)21(3,4)5;/h8-9,14H,7,10-13,15H2,1-6H3,(H,23,26)(H2,22,24,25);1H. The predicted molar refractivity (Wildman–Crippen MR) is 129 cm³/mol. The average Bonchev–Trinajstić information content (AvgIpc) is 2.64. The molecule has 0 aromatic heterocycles. The third-order valence-corrected chi connectivity index (χ3v) is 3.97. The SMILES string of the molecule is CCOCCOc1cc(C)ccc1CNC(=NC)NCCNC(=O)C(C)(C)C.I. The Kier molecular flexibility index (Phi) is 13.7. The molecule has 0 aliphatic heterocycles. The van der Waals surface area contributed by atoms with Crippen molar-refractivity contribution in [3.05, 3.63) is 29.3 Å². The van der Waals surface area contributed by atoms with E-state index in [-0.39, 0.29) is 35.3 Å². The summed E-state index contributed by atoms with van der Waals surface area (Å²) in [5.74, 6) is 1.55. The van der Waals surface area contributed by atoms with Gasteiger partial charge < -0.3 is 25.4 Å². The molecule has 1 amide bonds. The molecule has 1 rings (SSSR count). The lowest BCUT2D eigenvalue weighted by Crippen LogP contribution is -2.43. The lowest BCUT2D eigenvalue weighted by atomic mass is 9.96. The van der Waals surface area contributed by atoms with Crippen LogP contribution in [-0.4, -0.2) is 51.8 Å². The summed E-state index contributed by atoms with van der Waals surface area (Å²) in [6, 6.07) is 6.14. The minimum Gasteiger partial charge on any atom is -0.491 e. The summed E-state index contributed by atoms with van der Waals surface area (Å²) in [4.78, 5) is 16.1. The van der Waals surface area contributed by atoms with Gasteiger partial charge in [-0.05, 0) is 25.5 Å². The molecule has 8 heteroatoms. The molecule has 0 saturated heterocycles. The van der Waals surface area contributed by atoms with Crippen LogP contribution in [0.5, 0.6) is 5.75 Å². The molecular formula is C21H37IN4O3. The third-order valence-electron chi connectivity index (χ3n) is 3.97. The number of amides is 1. The van der Waals surface area contributed by atoms with Crippen LogP contribution in [0.3, 0.4) is 0 Å². The van der Waals surface area contributed by atoms with Gasteiger partial charge >= 0.3 is 0 Å². The van der Waals surface area contributed by atoms with Crippen LogP contribution < -0.4 is 20.7 Å². The van der Waals surface area contributed by atoms with Crippen LogP contribution in [0.2, 0.25) is 0 Å². The Morgan fingerprint density at radius 3 is 2.41 bits per heavy atom. The van der Waals surface area contributed by atoms with Crippen molar-refractivity contribution in [3.63, 3.8) is 0 Å². The molecule has 0 spiro atoms. The van der Waals surface area contributed by atoms with Crippen molar-refractivity contribution < 1.29 is 14.3 Å². The van der Waals surface area contributed by atoms with E-state index in [1.807, 2.05) is 40.7 Å². The highest BCUT2D eigenvalue weighted by Gasteiger charge is 2.20. The van der Waals surface area contributed by atoms with Gasteiger partial charge in [-0.2, -0.15) is 0 Å². The molecule has 1 aromatic rings. The van der Waals surface area contributed by atoms with Crippen LogP contribution in [0.1, 0.15) is 38.8 Å². The molecule has 29 heavy (non-hydrogen) atoms. The van der Waals surface area contributed by atoms with Gasteiger partial charge in [0, 0.05) is 44.3 Å². The van der Waals surface area contributed by atoms with Crippen LogP contribution in [0.25, 0.3) is 0 Å². The number of carbonyl (C=O) groups is 1. The third kappa shape index (κ3) is 11.3. The molecule has 0 saturated carbocycles. The highest BCUT2D eigenvalue weighted by Crippen LogP contribution is 2.20. The van der Waals surface area contributed by atoms with Crippen LogP contribution in [0, 0.1) is 12.3 Å². The molecule has 0 aliphatic carbocycles. The van der Waals surface area contributed by atoms with E-state index in [0.29, 0.717) is 45.4 Å². The number of hydrogen-bond acceptors (Lipinski definition) is 4. The molecule has 0 heterocycles. The minimum atomic E-state index is -0.385. The van der Waals surface area contributed by atoms with Crippen molar-refractivity contribution in [2.24, 2.45) is 10.4 Å². The first-order valence-corrected chi connectivity index (χ1v) is 9.80. The topological polar surface area (TPSA) is 84.0 Å². The molecule has 0 atom stereocenters. The van der Waals surface area contributed by atoms with Gasteiger partial charge in [-0.15, -0.1) is 24.0 Å². The molecule has 166 valence electrons. The zero-order valence-electron chi connectivity index (χ0n) is 18.6. The second-order valence-corrected chi connectivity index (χ2v) is 7.52. The largest absolute Gasteiger partial charge is 0.491 e. The number of aryl methyl sites for hydroxylation is 1. The molecular weight excluding hydrogens is 483 g/mol. The van der Waals surface area contributed by atoms with Crippen molar-refractivity contribution >= 4 is 35.8 Å². The maximum Gasteiger partial charge on any atom is 0.225 e. The van der Waals surface area contributed by atoms with Gasteiger partial charge in [0.05, 0.1) is 6.61 Å². The Bertz CT molecular complexity index is 645. The van der Waals surface area contributed by atoms with Crippen molar-refractivity contribution in [2.75, 3.05) is 40.0 Å². The molecule has 0 unspecified atom stereocenters. The molecule has 3 N–H and O–H groups in total. The van der Waals surface area contributed by atoms with Crippen LogP contribution in [-0.2, 0) is 16.1 Å². The van der Waals surface area contributed by atoms with E-state index in [9.17, 15) is 4.79 Å². The Morgan fingerprint density at radius 2 is 1.79 bits per heavy atom. The highest BCUT2D eigenvalue weighted by molar-refractivity contribution is 14.0. The number of nitrogens with zero attached hydrogens (tertiary/aromatic N) is 1. The molecule has 0 radical (unpaired) electrons. The fourth-order valence-electron chi connectivity index (χ4n) is 2.32. The van der Waals surface area contributed by atoms with Crippen LogP contribution in [0.4, 0.5) is 0 Å². The van der Waals surface area contributed by atoms with Gasteiger partial charge in [-0.25, -0.2) is 0 Å². The Hall–Kier alpha value is -1.55. The van der Waals surface area contributed by atoms with Crippen molar-refractivity contribution in [2.45, 2.75) is 41.2 Å². The van der Waals surface area contributed by atoms with Crippen molar-refractivity contribution in [3.8, 4) is 5.75 Å². The first-order chi connectivity index (χ1) is 13.3. The number of hydrogen-bond donors (Lipinski definition) is 3. The predicted octanol–water partition coefficient (Wildman–Crippen LogP) is 2.86. The first kappa shape index (κ1) is 27.5. The van der Waals surface area contributed by atoms with E-state index in [1.165, 1.54) is 0 Å². The van der Waals surface area contributed by atoms with Gasteiger partial charge in [0.25, 0.3) is 0 Å². The van der Waals surface area contributed by atoms with E-state index < -0.39 is 0 Å². The summed E-state index contributed by atoms with van der Waals surface area (Å²) in [7, 11) is 1.72. The maximum absolute atomic E-state index is 11.9. The number of benzene rings is 1. The highest BCUT2D eigenvalue weighted by atomic mass is 127. The number of ether oxygens (including phenoxy) is 2. The fraction of sp³-hybridized carbons (Fsp3) is 0.619. The summed E-state index contributed by atoms with van der Waals surface area (Å²) in [5, 5.41) is 9.39. The summed E-state index contributed by atoms with van der Waals surface area (Å²) in [5.41, 5.74) is 1.81. The Balaban J connectivity index is 0.00000784. The minimum absolute atomic E-state index is 0. The van der Waals surface area contributed by atoms with Gasteiger partial charge in [0.15, 0.2) is 5.96 Å². The van der Waals surface area contributed by atoms with Gasteiger partial charge in [-0.3, -0.25) is 9.79 Å². The van der Waals surface area contributed by atoms with E-state index in [4.69, 9.17) is 9.47 Å². The number of halogens is 1. The molecule has 0 aliphatic rings. The monoisotopic (exact) mass is 520 g/mol. The van der Waals surface area contributed by atoms with Gasteiger partial charge in [-0.1, -0.05) is 32.9 Å². The first-order valence-electron chi connectivity index (χ1n) is 9.80. The molecule has 0 fully saturated rings. The zero-order chi connectivity index (χ0) is 21.0. The fourth-order valence-corrected chi connectivity index (χ4v) is 2.32. The quantitative estimate of drug-likeness (QED) is 0.191. The maximum atomic E-state index is 11.9. The summed E-state index contributed by atoms with van der Waals surface area (Å²) in [6.45, 7) is 13.2. The van der Waals surface area contributed by atoms with Crippen LogP contribution >= 0.6 is 24.0 Å². The van der Waals surface area contributed by atoms with Crippen molar-refractivity contribution in [1.29, 1.82) is 0 Å². The van der Waals surface area contributed by atoms with E-state index >= 15 is 0 Å².